The summed E-state index contributed by atoms with van der Waals surface area (Å²) in [6.07, 6.45) is 8.44. The van der Waals surface area contributed by atoms with Crippen molar-refractivity contribution in [3.63, 3.8) is 0 Å². The summed E-state index contributed by atoms with van der Waals surface area (Å²) in [5.74, 6) is 0.932. The molecule has 13 heteroatoms. The minimum absolute atomic E-state index is 0.0273. The van der Waals surface area contributed by atoms with Crippen LogP contribution < -0.4 is 10.9 Å². The number of amides is 2. The van der Waals surface area contributed by atoms with Gasteiger partial charge in [0.25, 0.3) is 11.5 Å². The Balaban J connectivity index is 1.09. The number of aromatic hydroxyl groups is 1. The van der Waals surface area contributed by atoms with Crippen LogP contribution in [-0.4, -0.2) is 72.3 Å². The predicted octanol–water partition coefficient (Wildman–Crippen LogP) is 4.26. The lowest BCUT2D eigenvalue weighted by molar-refractivity contribution is -0.116. The van der Waals surface area contributed by atoms with Gasteiger partial charge < -0.3 is 24.6 Å². The lowest BCUT2D eigenvalue weighted by atomic mass is 9.71. The molecular weight excluding hydrogens is 634 g/mol. The highest BCUT2D eigenvalue weighted by Gasteiger charge is 2.64. The first-order valence-corrected chi connectivity index (χ1v) is 17.0. The van der Waals surface area contributed by atoms with Gasteiger partial charge in [0.1, 0.15) is 12.3 Å². The zero-order valence-corrected chi connectivity index (χ0v) is 26.9. The minimum Gasteiger partial charge on any atom is -0.505 e. The number of nitrogens with one attached hydrogen (secondary N) is 1. The molecule has 4 aromatic rings. The zero-order chi connectivity index (χ0) is 32.7. The van der Waals surface area contributed by atoms with E-state index < -0.39 is 5.41 Å². The van der Waals surface area contributed by atoms with Crippen LogP contribution in [0.4, 0.5) is 5.69 Å². The Morgan fingerprint density at radius 1 is 1.17 bits per heavy atom. The average molecular weight is 668 g/mol. The maximum absolute atomic E-state index is 14.5. The number of benzene rings is 1. The zero-order valence-electron chi connectivity index (χ0n) is 26.2. The monoisotopic (exact) mass is 667 g/mol. The molecule has 9 rings (SSSR count). The lowest BCUT2D eigenvalue weighted by Crippen LogP contribution is -2.48. The number of carbonyl (C=O) groups excluding carboxylic acids is 2. The van der Waals surface area contributed by atoms with E-state index in [1.165, 1.54) is 22.3 Å². The number of hydrogen-bond acceptors (Lipinski definition) is 8. The molecule has 2 atom stereocenters. The number of piperidine rings is 1. The lowest BCUT2D eigenvalue weighted by Gasteiger charge is -2.41. The van der Waals surface area contributed by atoms with Crippen molar-refractivity contribution in [3.8, 4) is 5.75 Å². The number of nitrogens with zero attached hydrogens (tertiary/aromatic N) is 6. The fourth-order valence-electron chi connectivity index (χ4n) is 8.32. The standard InChI is InChI=1S/C35H34ClN7O5/c36-24-16-21(19-3-4-19)5-6-25(24)38-27(45)18-42-30-22-17-23(22)35(9-12-41(13-10-35)33(47)29-26(44)2-1-11-37-29)28(30)32(46)43-34(42)39-31(40-43)20-7-14-48-15-8-20/h1-2,5-7,11,16,19,22-23,44H,3-4,8-10,12-15,17-18H2,(H,38,45)/t22-,23+/m0/s1. The van der Waals surface area contributed by atoms with Crippen molar-refractivity contribution in [1.29, 1.82) is 0 Å². The number of aromatic nitrogens is 5. The number of ether oxygens (including phenoxy) is 1. The van der Waals surface area contributed by atoms with Crippen molar-refractivity contribution in [1.82, 2.24) is 29.0 Å². The first-order valence-electron chi connectivity index (χ1n) is 16.7. The van der Waals surface area contributed by atoms with E-state index in [2.05, 4.69) is 10.3 Å². The molecule has 48 heavy (non-hydrogen) atoms. The van der Waals surface area contributed by atoms with E-state index in [1.807, 2.05) is 28.8 Å². The Morgan fingerprint density at radius 3 is 2.73 bits per heavy atom. The van der Waals surface area contributed by atoms with Crippen LogP contribution in [0.3, 0.4) is 0 Å². The smallest absolute Gasteiger partial charge is 0.279 e. The van der Waals surface area contributed by atoms with Crippen LogP contribution in [0.5, 0.6) is 5.75 Å². The summed E-state index contributed by atoms with van der Waals surface area (Å²) in [5, 5.41) is 18.5. The molecule has 2 N–H and O–H groups in total. The Kier molecular flexibility index (Phi) is 6.77. The van der Waals surface area contributed by atoms with Gasteiger partial charge in [-0.15, -0.1) is 5.10 Å². The van der Waals surface area contributed by atoms with Crippen molar-refractivity contribution < 1.29 is 19.4 Å². The molecule has 5 heterocycles. The number of anilines is 1. The van der Waals surface area contributed by atoms with Gasteiger partial charge in [-0.25, -0.2) is 4.98 Å². The molecule has 0 radical (unpaired) electrons. The molecule has 0 bridgehead atoms. The fraction of sp³-hybridized carbons (Fsp3) is 0.429. The Hall–Kier alpha value is -4.55. The SMILES string of the molecule is O=C(Cn1c2c(c(=O)n3nc(C4=CCOCC4)nc13)C1(CCN(C(=O)c3ncccc3O)CC1)[C@@H]1C[C@H]21)Nc1ccc(C2CC2)cc1Cl. The number of halogens is 1. The summed E-state index contributed by atoms with van der Waals surface area (Å²) in [7, 11) is 0. The Bertz CT molecular complexity index is 2110. The van der Waals surface area contributed by atoms with Crippen LogP contribution in [0, 0.1) is 5.92 Å². The maximum Gasteiger partial charge on any atom is 0.279 e. The van der Waals surface area contributed by atoms with Crippen LogP contribution in [-0.2, 0) is 21.5 Å². The van der Waals surface area contributed by atoms with Crippen LogP contribution in [0.15, 0.2) is 47.4 Å². The predicted molar refractivity (Wildman–Crippen MR) is 176 cm³/mol. The third-order valence-electron chi connectivity index (χ3n) is 10.9. The van der Waals surface area contributed by atoms with E-state index in [0.717, 1.165) is 30.5 Å². The van der Waals surface area contributed by atoms with E-state index in [0.29, 0.717) is 79.4 Å². The second kappa shape index (κ2) is 11.0. The van der Waals surface area contributed by atoms with Crippen LogP contribution in [0.25, 0.3) is 11.4 Å². The molecule has 0 unspecified atom stereocenters. The van der Waals surface area contributed by atoms with Gasteiger partial charge in [-0.3, -0.25) is 14.4 Å². The van der Waals surface area contributed by atoms with Crippen molar-refractivity contribution in [2.75, 3.05) is 31.6 Å². The topological polar surface area (TPSA) is 144 Å². The molecule has 2 amide bonds. The van der Waals surface area contributed by atoms with Gasteiger partial charge in [0.2, 0.25) is 11.7 Å². The number of pyridine rings is 1. The first kappa shape index (κ1) is 29.6. The molecule has 5 aliphatic rings. The quantitative estimate of drug-likeness (QED) is 0.311. The number of hydrogen-bond donors (Lipinski definition) is 2. The Labute approximate surface area is 280 Å². The van der Waals surface area contributed by atoms with Gasteiger partial charge in [0, 0.05) is 41.9 Å². The summed E-state index contributed by atoms with van der Waals surface area (Å²) in [5.41, 5.74) is 3.53. The molecule has 2 aliphatic heterocycles. The van der Waals surface area contributed by atoms with Gasteiger partial charge in [-0.05, 0) is 85.8 Å². The van der Waals surface area contributed by atoms with Gasteiger partial charge in [0.15, 0.2) is 11.5 Å². The highest BCUT2D eigenvalue weighted by atomic mass is 35.5. The normalized spacial score (nSPS) is 22.4. The van der Waals surface area contributed by atoms with E-state index in [-0.39, 0.29) is 47.2 Å². The van der Waals surface area contributed by atoms with Gasteiger partial charge in [-0.1, -0.05) is 23.7 Å². The van der Waals surface area contributed by atoms with Crippen LogP contribution in [0.2, 0.25) is 5.02 Å². The number of likely N-dealkylation sites (tertiary alicyclic amines) is 1. The van der Waals surface area contributed by atoms with Gasteiger partial charge in [-0.2, -0.15) is 9.50 Å². The summed E-state index contributed by atoms with van der Waals surface area (Å²) in [6, 6.07) is 8.85. The highest BCUT2D eigenvalue weighted by Crippen LogP contribution is 2.67. The molecule has 246 valence electrons. The molecule has 3 aromatic heterocycles. The summed E-state index contributed by atoms with van der Waals surface area (Å²) in [4.78, 5) is 52.2. The third-order valence-corrected chi connectivity index (χ3v) is 11.2. The summed E-state index contributed by atoms with van der Waals surface area (Å²) >= 11 is 6.60. The highest BCUT2D eigenvalue weighted by molar-refractivity contribution is 6.33. The number of fused-ring (bicyclic) bond motifs is 6. The van der Waals surface area contributed by atoms with E-state index in [4.69, 9.17) is 26.4 Å². The van der Waals surface area contributed by atoms with Crippen molar-refractivity contribution in [3.05, 3.63) is 86.3 Å². The van der Waals surface area contributed by atoms with Crippen molar-refractivity contribution in [2.45, 2.75) is 62.3 Å². The number of carbonyl (C=O) groups is 2. The van der Waals surface area contributed by atoms with E-state index >= 15 is 0 Å². The molecule has 12 nitrogen and oxygen atoms in total. The molecule has 1 spiro atoms. The Morgan fingerprint density at radius 2 is 2.00 bits per heavy atom. The number of rotatable bonds is 6. The minimum atomic E-state index is -0.460. The third kappa shape index (κ3) is 4.67. The molecule has 1 saturated heterocycles. The van der Waals surface area contributed by atoms with Crippen molar-refractivity contribution in [2.24, 2.45) is 5.92 Å². The molecule has 2 saturated carbocycles. The summed E-state index contributed by atoms with van der Waals surface area (Å²) in [6.45, 7) is 1.77. The molecule has 3 aliphatic carbocycles. The maximum atomic E-state index is 14.5. The largest absolute Gasteiger partial charge is 0.505 e. The molecule has 1 aromatic carbocycles. The fourth-order valence-corrected chi connectivity index (χ4v) is 8.56. The van der Waals surface area contributed by atoms with Gasteiger partial charge >= 0.3 is 0 Å². The average Bonchev–Trinajstić information content (AvgIpc) is 4.03. The summed E-state index contributed by atoms with van der Waals surface area (Å²) < 4.78 is 8.74. The van der Waals surface area contributed by atoms with Crippen LogP contribution >= 0.6 is 11.6 Å². The second-order valence-electron chi connectivity index (χ2n) is 13.7. The first-order chi connectivity index (χ1) is 23.3. The van der Waals surface area contributed by atoms with E-state index in [9.17, 15) is 19.5 Å². The molecule has 3 fully saturated rings. The second-order valence-corrected chi connectivity index (χ2v) is 14.1. The van der Waals surface area contributed by atoms with Crippen molar-refractivity contribution >= 4 is 40.5 Å². The van der Waals surface area contributed by atoms with Crippen LogP contribution in [0.1, 0.15) is 83.5 Å². The molecular formula is C35H34ClN7O5. The van der Waals surface area contributed by atoms with Gasteiger partial charge in [0.05, 0.1) is 23.9 Å². The van der Waals surface area contributed by atoms with E-state index in [1.54, 1.807) is 11.0 Å².